The number of piperidine rings is 1. The van der Waals surface area contributed by atoms with Crippen molar-refractivity contribution in [2.24, 2.45) is 0 Å². The first-order chi connectivity index (χ1) is 15.2. The maximum atomic E-state index is 8.36. The first kappa shape index (κ1) is 21.0. The Morgan fingerprint density at radius 2 is 1.94 bits per heavy atom. The summed E-state index contributed by atoms with van der Waals surface area (Å²) < 4.78 is 7.72. The minimum Gasteiger partial charge on any atom is -0.483 e. The van der Waals surface area contributed by atoms with Gasteiger partial charge in [0.05, 0.1) is 24.1 Å². The summed E-state index contributed by atoms with van der Waals surface area (Å²) in [5, 5.41) is 10.2. The number of rotatable bonds is 5. The number of imidazole rings is 1. The van der Waals surface area contributed by atoms with Crippen molar-refractivity contribution in [1.29, 1.82) is 0 Å². The van der Waals surface area contributed by atoms with E-state index in [9.17, 15) is 0 Å². The van der Waals surface area contributed by atoms with Gasteiger partial charge >= 0.3 is 0 Å². The summed E-state index contributed by atoms with van der Waals surface area (Å²) in [7, 11) is 1.78. The lowest BCUT2D eigenvalue weighted by molar-refractivity contribution is -0.122. The Morgan fingerprint density at radius 3 is 2.61 bits per heavy atom. The molecule has 2 fully saturated rings. The van der Waals surface area contributed by atoms with Crippen molar-refractivity contribution in [3.05, 3.63) is 30.9 Å². The zero-order valence-corrected chi connectivity index (χ0v) is 17.5. The third-order valence-electron chi connectivity index (χ3n) is 5.89. The highest BCUT2D eigenvalue weighted by Crippen LogP contribution is 2.34. The molecule has 0 spiro atoms. The van der Waals surface area contributed by atoms with Crippen molar-refractivity contribution in [3.8, 4) is 0 Å². The second-order valence-electron chi connectivity index (χ2n) is 7.69. The van der Waals surface area contributed by atoms with Crippen molar-refractivity contribution >= 4 is 35.1 Å². The van der Waals surface area contributed by atoms with Crippen LogP contribution in [0.4, 0.5) is 17.6 Å². The van der Waals surface area contributed by atoms with Crippen molar-refractivity contribution in [1.82, 2.24) is 24.5 Å². The Kier molecular flexibility index (Phi) is 6.56. The molecule has 31 heavy (non-hydrogen) atoms. The monoisotopic (exact) mass is 425 g/mol. The van der Waals surface area contributed by atoms with E-state index in [2.05, 4.69) is 35.8 Å². The molecule has 10 nitrogen and oxygen atoms in total. The number of carbonyl (C=O) groups is 1. The first-order valence-corrected chi connectivity index (χ1v) is 10.5. The molecule has 3 aromatic heterocycles. The lowest BCUT2D eigenvalue weighted by Gasteiger charge is -2.31. The largest absolute Gasteiger partial charge is 0.483 e. The summed E-state index contributed by atoms with van der Waals surface area (Å²) in [4.78, 5) is 28.7. The number of nitrogens with one attached hydrogen (secondary N) is 1. The molecule has 1 saturated heterocycles. The molecule has 2 N–H and O–H groups in total. The van der Waals surface area contributed by atoms with E-state index in [0.29, 0.717) is 12.1 Å². The standard InChI is InChI=1S/C20H25N7O.CH2O2/c1-28-15-6-9-26(10-7-15)20-21-8-5-18(25-20)24-19-11-17-16(12-22-19)23-13-27(17)14-3-2-4-14;2-1-3/h5,8,11-15H,2-4,6-7,9-10H2,1H3,(H,21,22,24,25);1H,(H,2,3). The van der Waals surface area contributed by atoms with Crippen LogP contribution in [0.25, 0.3) is 11.0 Å². The van der Waals surface area contributed by atoms with E-state index in [1.165, 1.54) is 19.3 Å². The molecule has 0 amide bonds. The van der Waals surface area contributed by atoms with Gasteiger partial charge in [-0.3, -0.25) is 4.79 Å². The van der Waals surface area contributed by atoms with Crippen molar-refractivity contribution in [2.75, 3.05) is 30.4 Å². The second kappa shape index (κ2) is 9.69. The van der Waals surface area contributed by atoms with Crippen LogP contribution in [-0.2, 0) is 9.53 Å². The maximum absolute atomic E-state index is 8.36. The van der Waals surface area contributed by atoms with E-state index in [1.54, 1.807) is 13.3 Å². The van der Waals surface area contributed by atoms with Gasteiger partial charge in [-0.25, -0.2) is 15.0 Å². The Labute approximate surface area is 180 Å². The van der Waals surface area contributed by atoms with Crippen LogP contribution >= 0.6 is 0 Å². The van der Waals surface area contributed by atoms with Gasteiger partial charge in [-0.2, -0.15) is 4.98 Å². The number of aromatic nitrogens is 5. The molecule has 4 heterocycles. The van der Waals surface area contributed by atoms with Crippen LogP contribution in [0, 0.1) is 0 Å². The van der Waals surface area contributed by atoms with Gasteiger partial charge in [-0.15, -0.1) is 0 Å². The molecule has 1 saturated carbocycles. The molecule has 0 radical (unpaired) electrons. The zero-order chi connectivity index (χ0) is 21.6. The highest BCUT2D eigenvalue weighted by atomic mass is 16.5. The molecule has 5 rings (SSSR count). The molecule has 1 aliphatic heterocycles. The fraction of sp³-hybridized carbons (Fsp3) is 0.476. The molecule has 1 aliphatic carbocycles. The molecule has 0 aromatic carbocycles. The van der Waals surface area contributed by atoms with Crippen LogP contribution in [0.2, 0.25) is 0 Å². The molecular weight excluding hydrogens is 398 g/mol. The average Bonchev–Trinajstić information content (AvgIpc) is 3.16. The summed E-state index contributed by atoms with van der Waals surface area (Å²) in [6.07, 6.45) is 11.7. The Bertz CT molecular complexity index is 1010. The SMILES string of the molecule is COC1CCN(c2nccc(Nc3cc4c(cn3)ncn4C3CCC3)n2)CC1.O=CO. The number of ether oxygens (including phenoxy) is 1. The lowest BCUT2D eigenvalue weighted by atomic mass is 9.93. The maximum Gasteiger partial charge on any atom is 0.290 e. The fourth-order valence-corrected chi connectivity index (χ4v) is 3.95. The van der Waals surface area contributed by atoms with Gasteiger partial charge in [0, 0.05) is 38.5 Å². The van der Waals surface area contributed by atoms with Crippen LogP contribution in [0.1, 0.15) is 38.1 Å². The zero-order valence-electron chi connectivity index (χ0n) is 17.5. The number of carboxylic acid groups (broad SMARTS) is 1. The predicted octanol–water partition coefficient (Wildman–Crippen LogP) is 3.01. The number of pyridine rings is 1. The van der Waals surface area contributed by atoms with Gasteiger partial charge in [0.25, 0.3) is 6.47 Å². The van der Waals surface area contributed by atoms with Gasteiger partial charge < -0.3 is 24.6 Å². The third-order valence-corrected chi connectivity index (χ3v) is 5.89. The number of nitrogens with zero attached hydrogens (tertiary/aromatic N) is 6. The molecule has 2 aliphatic rings. The molecule has 0 bridgehead atoms. The van der Waals surface area contributed by atoms with Crippen LogP contribution < -0.4 is 10.2 Å². The lowest BCUT2D eigenvalue weighted by Crippen LogP contribution is -2.37. The quantitative estimate of drug-likeness (QED) is 0.595. The Hall–Kier alpha value is -3.27. The second-order valence-corrected chi connectivity index (χ2v) is 7.69. The minimum atomic E-state index is -0.250. The average molecular weight is 425 g/mol. The van der Waals surface area contributed by atoms with Gasteiger partial charge in [0.1, 0.15) is 17.2 Å². The number of fused-ring (bicyclic) bond motifs is 1. The summed E-state index contributed by atoms with van der Waals surface area (Å²) in [5.41, 5.74) is 2.06. The smallest absolute Gasteiger partial charge is 0.290 e. The topological polar surface area (TPSA) is 118 Å². The Balaban J connectivity index is 0.000000730. The molecule has 3 aromatic rings. The van der Waals surface area contributed by atoms with Crippen LogP contribution in [-0.4, -0.2) is 62.4 Å². The van der Waals surface area contributed by atoms with E-state index in [4.69, 9.17) is 19.6 Å². The summed E-state index contributed by atoms with van der Waals surface area (Å²) in [6, 6.07) is 4.51. The van der Waals surface area contributed by atoms with E-state index >= 15 is 0 Å². The molecule has 0 atom stereocenters. The molecule has 0 unspecified atom stereocenters. The summed E-state index contributed by atoms with van der Waals surface area (Å²) in [6.45, 7) is 1.57. The summed E-state index contributed by atoms with van der Waals surface area (Å²) in [5.74, 6) is 2.27. The molecule has 10 heteroatoms. The highest BCUT2D eigenvalue weighted by Gasteiger charge is 2.22. The minimum absolute atomic E-state index is 0.250. The van der Waals surface area contributed by atoms with Crippen LogP contribution in [0.15, 0.2) is 30.9 Å². The van der Waals surface area contributed by atoms with Crippen molar-refractivity contribution < 1.29 is 14.6 Å². The number of anilines is 3. The molecular formula is C21H27N7O3. The predicted molar refractivity (Wildman–Crippen MR) is 117 cm³/mol. The number of hydrogen-bond acceptors (Lipinski definition) is 8. The fourth-order valence-electron chi connectivity index (χ4n) is 3.95. The highest BCUT2D eigenvalue weighted by molar-refractivity contribution is 5.78. The first-order valence-electron chi connectivity index (χ1n) is 10.5. The van der Waals surface area contributed by atoms with E-state index in [1.807, 2.05) is 18.6 Å². The van der Waals surface area contributed by atoms with Gasteiger partial charge in [0.2, 0.25) is 5.95 Å². The third kappa shape index (κ3) is 4.74. The van der Waals surface area contributed by atoms with Crippen molar-refractivity contribution in [3.63, 3.8) is 0 Å². The van der Waals surface area contributed by atoms with E-state index in [-0.39, 0.29) is 6.47 Å². The Morgan fingerprint density at radius 1 is 1.16 bits per heavy atom. The molecule has 164 valence electrons. The van der Waals surface area contributed by atoms with Crippen LogP contribution in [0.3, 0.4) is 0 Å². The summed E-state index contributed by atoms with van der Waals surface area (Å²) >= 11 is 0. The normalized spacial score (nSPS) is 17.0. The van der Waals surface area contributed by atoms with Gasteiger partial charge in [-0.05, 0) is 38.2 Å². The number of methoxy groups -OCH3 is 1. The van der Waals surface area contributed by atoms with Crippen LogP contribution in [0.5, 0.6) is 0 Å². The van der Waals surface area contributed by atoms with E-state index in [0.717, 1.165) is 54.5 Å². The van der Waals surface area contributed by atoms with Gasteiger partial charge in [-0.1, -0.05) is 0 Å². The van der Waals surface area contributed by atoms with Crippen molar-refractivity contribution in [2.45, 2.75) is 44.2 Å². The van der Waals surface area contributed by atoms with E-state index < -0.39 is 0 Å². The number of hydrogen-bond donors (Lipinski definition) is 2. The van der Waals surface area contributed by atoms with Gasteiger partial charge in [0.15, 0.2) is 0 Å².